The first-order valence-corrected chi connectivity index (χ1v) is 6.84. The molecule has 0 aromatic heterocycles. The van der Waals surface area contributed by atoms with E-state index in [1.54, 1.807) is 18.2 Å². The molecule has 0 spiro atoms. The van der Waals surface area contributed by atoms with Crippen molar-refractivity contribution in [2.45, 2.75) is 6.92 Å². The molecule has 5 heteroatoms. The molecule has 0 saturated heterocycles. The van der Waals surface area contributed by atoms with Gasteiger partial charge in [-0.1, -0.05) is 15.9 Å². The molecule has 3 nitrogen and oxygen atoms in total. The van der Waals surface area contributed by atoms with Crippen LogP contribution in [0.15, 0.2) is 40.9 Å². The maximum absolute atomic E-state index is 13.3. The number of hydrogen-bond donors (Lipinski definition) is 1. The van der Waals surface area contributed by atoms with Crippen LogP contribution in [0.25, 0.3) is 0 Å². The van der Waals surface area contributed by atoms with Crippen molar-refractivity contribution in [2.24, 2.45) is 0 Å². The van der Waals surface area contributed by atoms with Gasteiger partial charge in [-0.3, -0.25) is 4.79 Å². The van der Waals surface area contributed by atoms with Crippen molar-refractivity contribution in [1.29, 1.82) is 0 Å². The van der Waals surface area contributed by atoms with Gasteiger partial charge in [0.25, 0.3) is 0 Å². The largest absolute Gasteiger partial charge is 0.493 e. The van der Waals surface area contributed by atoms with Gasteiger partial charge in [0, 0.05) is 15.7 Å². The lowest BCUT2D eigenvalue weighted by Crippen LogP contribution is -2.08. The van der Waals surface area contributed by atoms with Crippen LogP contribution in [0, 0.1) is 5.82 Å². The van der Waals surface area contributed by atoms with Crippen molar-refractivity contribution < 1.29 is 13.9 Å². The molecule has 0 unspecified atom stereocenters. The van der Waals surface area contributed by atoms with Crippen LogP contribution in [0.4, 0.5) is 10.1 Å². The van der Waals surface area contributed by atoms with E-state index in [0.29, 0.717) is 17.9 Å². The number of ketones is 1. The lowest BCUT2D eigenvalue weighted by Gasteiger charge is -2.11. The summed E-state index contributed by atoms with van der Waals surface area (Å²) >= 11 is 3.31. The van der Waals surface area contributed by atoms with E-state index in [1.165, 1.54) is 12.1 Å². The van der Waals surface area contributed by atoms with E-state index in [9.17, 15) is 9.18 Å². The van der Waals surface area contributed by atoms with Gasteiger partial charge < -0.3 is 10.5 Å². The van der Waals surface area contributed by atoms with Crippen molar-refractivity contribution in [2.75, 3.05) is 12.3 Å². The maximum atomic E-state index is 13.3. The molecule has 0 amide bonds. The monoisotopic (exact) mass is 337 g/mol. The Balaban J connectivity index is 2.52. The number of benzene rings is 2. The van der Waals surface area contributed by atoms with Gasteiger partial charge in [-0.2, -0.15) is 0 Å². The van der Waals surface area contributed by atoms with Crippen molar-refractivity contribution in [3.05, 3.63) is 57.8 Å². The molecular weight excluding hydrogens is 325 g/mol. The highest BCUT2D eigenvalue weighted by atomic mass is 79.9. The van der Waals surface area contributed by atoms with Gasteiger partial charge in [0.15, 0.2) is 5.78 Å². The number of ether oxygens (including phenoxy) is 1. The average Bonchev–Trinajstić information content (AvgIpc) is 2.43. The fourth-order valence-electron chi connectivity index (χ4n) is 1.83. The van der Waals surface area contributed by atoms with E-state index in [2.05, 4.69) is 15.9 Å². The Kier molecular flexibility index (Phi) is 4.39. The fraction of sp³-hybridized carbons (Fsp3) is 0.133. The molecular formula is C15H13BrFNO2. The first-order chi connectivity index (χ1) is 9.52. The third-order valence-corrected chi connectivity index (χ3v) is 3.24. The summed E-state index contributed by atoms with van der Waals surface area (Å²) in [6.45, 7) is 2.26. The average molecular weight is 338 g/mol. The van der Waals surface area contributed by atoms with Crippen molar-refractivity contribution in [3.63, 3.8) is 0 Å². The zero-order valence-corrected chi connectivity index (χ0v) is 12.4. The Morgan fingerprint density at radius 2 is 2.00 bits per heavy atom. The zero-order valence-electron chi connectivity index (χ0n) is 10.8. The summed E-state index contributed by atoms with van der Waals surface area (Å²) in [5, 5.41) is 0. The third kappa shape index (κ3) is 2.99. The number of nitrogens with two attached hydrogens (primary N) is 1. The van der Waals surface area contributed by atoms with Gasteiger partial charge in [-0.15, -0.1) is 0 Å². The topological polar surface area (TPSA) is 52.3 Å². The van der Waals surface area contributed by atoms with Crippen LogP contribution in [0.1, 0.15) is 22.8 Å². The summed E-state index contributed by atoms with van der Waals surface area (Å²) in [6.07, 6.45) is 0. The smallest absolute Gasteiger partial charge is 0.198 e. The molecule has 0 bridgehead atoms. The number of nitrogen functional groups attached to an aromatic ring is 1. The van der Waals surface area contributed by atoms with Crippen LogP contribution < -0.4 is 10.5 Å². The summed E-state index contributed by atoms with van der Waals surface area (Å²) in [7, 11) is 0. The first kappa shape index (κ1) is 14.5. The molecule has 20 heavy (non-hydrogen) atoms. The highest BCUT2D eigenvalue weighted by molar-refractivity contribution is 9.10. The van der Waals surface area contributed by atoms with Gasteiger partial charge in [0.2, 0.25) is 0 Å². The van der Waals surface area contributed by atoms with Crippen LogP contribution in [0.5, 0.6) is 5.75 Å². The van der Waals surface area contributed by atoms with Crippen LogP contribution in [-0.4, -0.2) is 12.4 Å². The van der Waals surface area contributed by atoms with E-state index in [1.807, 2.05) is 6.92 Å². The Hall–Kier alpha value is -1.88. The molecule has 0 heterocycles. The van der Waals surface area contributed by atoms with Crippen LogP contribution in [0.3, 0.4) is 0 Å². The molecule has 0 aliphatic heterocycles. The lowest BCUT2D eigenvalue weighted by molar-refractivity contribution is 0.103. The fourth-order valence-corrected chi connectivity index (χ4v) is 2.19. The summed E-state index contributed by atoms with van der Waals surface area (Å²) < 4.78 is 19.5. The van der Waals surface area contributed by atoms with E-state index < -0.39 is 5.82 Å². The van der Waals surface area contributed by atoms with Crippen LogP contribution in [0.2, 0.25) is 0 Å². The van der Waals surface area contributed by atoms with E-state index in [4.69, 9.17) is 10.5 Å². The molecule has 2 rings (SSSR count). The summed E-state index contributed by atoms with van der Waals surface area (Å²) in [6, 6.07) is 8.83. The number of hydrogen-bond acceptors (Lipinski definition) is 3. The molecule has 0 aliphatic carbocycles. The first-order valence-electron chi connectivity index (χ1n) is 6.05. The molecule has 2 N–H and O–H groups in total. The summed E-state index contributed by atoms with van der Waals surface area (Å²) in [4.78, 5) is 12.5. The Bertz CT molecular complexity index is 658. The molecule has 0 radical (unpaired) electrons. The highest BCUT2D eigenvalue weighted by Crippen LogP contribution is 2.27. The lowest BCUT2D eigenvalue weighted by atomic mass is 10.0. The molecule has 104 valence electrons. The van der Waals surface area contributed by atoms with E-state index in [-0.39, 0.29) is 17.0 Å². The third-order valence-electron chi connectivity index (χ3n) is 2.75. The number of carbonyl (C=O) groups excluding carboxylic acids is 1. The number of halogens is 2. The maximum Gasteiger partial charge on any atom is 0.198 e. The minimum Gasteiger partial charge on any atom is -0.493 e. The molecule has 0 saturated carbocycles. The summed E-state index contributed by atoms with van der Waals surface area (Å²) in [5.41, 5.74) is 6.46. The second-order valence-corrected chi connectivity index (χ2v) is 5.05. The van der Waals surface area contributed by atoms with Crippen molar-refractivity contribution in [1.82, 2.24) is 0 Å². The molecule has 0 aliphatic rings. The number of carbonyl (C=O) groups is 1. The van der Waals surface area contributed by atoms with Crippen molar-refractivity contribution in [3.8, 4) is 5.75 Å². The molecule has 0 atom stereocenters. The van der Waals surface area contributed by atoms with Crippen molar-refractivity contribution >= 4 is 27.4 Å². The predicted molar refractivity (Wildman–Crippen MR) is 79.6 cm³/mol. The quantitative estimate of drug-likeness (QED) is 0.681. The van der Waals surface area contributed by atoms with E-state index >= 15 is 0 Å². The van der Waals surface area contributed by atoms with Gasteiger partial charge >= 0.3 is 0 Å². The van der Waals surface area contributed by atoms with Gasteiger partial charge in [-0.05, 0) is 43.3 Å². The molecule has 2 aromatic rings. The van der Waals surface area contributed by atoms with E-state index in [0.717, 1.165) is 10.5 Å². The zero-order chi connectivity index (χ0) is 14.7. The normalized spacial score (nSPS) is 10.3. The predicted octanol–water partition coefficient (Wildman–Crippen LogP) is 3.80. The second kappa shape index (κ2) is 6.05. The van der Waals surface area contributed by atoms with Crippen LogP contribution in [-0.2, 0) is 0 Å². The Labute approximate surface area is 124 Å². The van der Waals surface area contributed by atoms with Gasteiger partial charge in [0.1, 0.15) is 11.6 Å². The molecule has 0 fully saturated rings. The molecule has 2 aromatic carbocycles. The SMILES string of the molecule is CCOc1ccc(Br)cc1C(=O)c1cc(F)ccc1N. The Morgan fingerprint density at radius 1 is 1.25 bits per heavy atom. The highest BCUT2D eigenvalue weighted by Gasteiger charge is 2.18. The minimum absolute atomic E-state index is 0.129. The van der Waals surface area contributed by atoms with Gasteiger partial charge in [0.05, 0.1) is 12.2 Å². The Morgan fingerprint density at radius 3 is 2.70 bits per heavy atom. The van der Waals surface area contributed by atoms with Crippen LogP contribution >= 0.6 is 15.9 Å². The second-order valence-electron chi connectivity index (χ2n) is 4.13. The van der Waals surface area contributed by atoms with Gasteiger partial charge in [-0.25, -0.2) is 4.39 Å². The number of anilines is 1. The minimum atomic E-state index is -0.504. The standard InChI is InChI=1S/C15H13BrFNO2/c1-2-20-14-6-3-9(16)7-12(14)15(19)11-8-10(17)4-5-13(11)18/h3-8H,2,18H2,1H3. The summed E-state index contributed by atoms with van der Waals surface area (Å²) in [5.74, 6) is -0.424. The number of rotatable bonds is 4.